The summed E-state index contributed by atoms with van der Waals surface area (Å²) in [5, 5.41) is 4.13. The quantitative estimate of drug-likeness (QED) is 0.738. The van der Waals surface area contributed by atoms with Gasteiger partial charge in [-0.25, -0.2) is 4.79 Å². The molecular formula is C22H30N6O3. The number of carbonyl (C=O) groups is 2. The second-order valence-corrected chi connectivity index (χ2v) is 8.03. The molecule has 0 atom stereocenters. The molecule has 0 bridgehead atoms. The monoisotopic (exact) mass is 426 g/mol. The number of hydrogen-bond donors (Lipinski definition) is 0. The number of piperazine rings is 1. The maximum Gasteiger partial charge on any atom is 0.344 e. The average Bonchev–Trinajstić information content (AvgIpc) is 3.30. The number of rotatable bonds is 4. The van der Waals surface area contributed by atoms with Crippen molar-refractivity contribution in [1.29, 1.82) is 0 Å². The molecule has 31 heavy (non-hydrogen) atoms. The topological polar surface area (TPSA) is 74.2 Å². The summed E-state index contributed by atoms with van der Waals surface area (Å²) in [7, 11) is 1.67. The lowest BCUT2D eigenvalue weighted by Gasteiger charge is -2.34. The number of anilines is 2. The van der Waals surface area contributed by atoms with E-state index in [1.54, 1.807) is 13.2 Å². The highest BCUT2D eigenvalue weighted by atomic mass is 16.5. The van der Waals surface area contributed by atoms with Gasteiger partial charge in [0.25, 0.3) is 0 Å². The van der Waals surface area contributed by atoms with Crippen LogP contribution < -0.4 is 9.80 Å². The number of nitrogens with zero attached hydrogens (tertiary/aromatic N) is 6. The zero-order valence-electron chi connectivity index (χ0n) is 18.2. The standard InChI is InChI=1S/C22H30N6O3/c1-18(29)24(2)21-15-23-28(17-21)22(30)27-9-7-25(8-10-27)16-19-3-5-20(6-4-19)26-11-13-31-14-12-26/h3-6,15,17H,7-14,16H2,1-2H3. The minimum absolute atomic E-state index is 0.0985. The van der Waals surface area contributed by atoms with Gasteiger partial charge in [-0.05, 0) is 17.7 Å². The van der Waals surface area contributed by atoms with E-state index >= 15 is 0 Å². The Morgan fingerprint density at radius 1 is 1.03 bits per heavy atom. The van der Waals surface area contributed by atoms with Crippen molar-refractivity contribution in [2.45, 2.75) is 13.5 Å². The molecule has 4 rings (SSSR count). The SMILES string of the molecule is CC(=O)N(C)c1cnn(C(=O)N2CCN(Cc3ccc(N4CCOCC4)cc3)CC2)c1. The van der Waals surface area contributed by atoms with Gasteiger partial charge in [-0.2, -0.15) is 9.78 Å². The number of carbonyl (C=O) groups excluding carboxylic acids is 2. The lowest BCUT2D eigenvalue weighted by atomic mass is 10.1. The van der Waals surface area contributed by atoms with Crippen molar-refractivity contribution in [2.24, 2.45) is 0 Å². The number of hydrogen-bond acceptors (Lipinski definition) is 6. The summed E-state index contributed by atoms with van der Waals surface area (Å²) in [5.41, 5.74) is 3.14. The van der Waals surface area contributed by atoms with Gasteiger partial charge < -0.3 is 19.4 Å². The molecular weight excluding hydrogens is 396 g/mol. The summed E-state index contributed by atoms with van der Waals surface area (Å²) < 4.78 is 6.74. The minimum Gasteiger partial charge on any atom is -0.378 e. The lowest BCUT2D eigenvalue weighted by molar-refractivity contribution is -0.116. The van der Waals surface area contributed by atoms with Crippen molar-refractivity contribution >= 4 is 23.3 Å². The fourth-order valence-electron chi connectivity index (χ4n) is 3.91. The Morgan fingerprint density at radius 2 is 1.71 bits per heavy atom. The van der Waals surface area contributed by atoms with E-state index in [0.29, 0.717) is 18.8 Å². The zero-order valence-corrected chi connectivity index (χ0v) is 18.2. The zero-order chi connectivity index (χ0) is 21.8. The predicted molar refractivity (Wildman–Crippen MR) is 118 cm³/mol. The fourth-order valence-corrected chi connectivity index (χ4v) is 3.91. The van der Waals surface area contributed by atoms with Crippen LogP contribution in [0.4, 0.5) is 16.2 Å². The predicted octanol–water partition coefficient (Wildman–Crippen LogP) is 1.49. The third-order valence-corrected chi connectivity index (χ3v) is 5.99. The average molecular weight is 427 g/mol. The highest BCUT2D eigenvalue weighted by Gasteiger charge is 2.23. The second-order valence-electron chi connectivity index (χ2n) is 8.03. The molecule has 166 valence electrons. The number of ether oxygens (including phenoxy) is 1. The molecule has 0 saturated carbocycles. The van der Waals surface area contributed by atoms with Gasteiger partial charge in [-0.1, -0.05) is 12.1 Å². The van der Waals surface area contributed by atoms with E-state index in [1.807, 2.05) is 4.90 Å². The summed E-state index contributed by atoms with van der Waals surface area (Å²) in [5.74, 6) is -0.0985. The van der Waals surface area contributed by atoms with Gasteiger partial charge in [0.2, 0.25) is 5.91 Å². The molecule has 0 N–H and O–H groups in total. The number of amides is 2. The van der Waals surface area contributed by atoms with Gasteiger partial charge in [0.05, 0.1) is 31.3 Å². The molecule has 2 aliphatic heterocycles. The molecule has 1 aromatic carbocycles. The normalized spacial score (nSPS) is 17.6. The highest BCUT2D eigenvalue weighted by molar-refractivity contribution is 5.91. The first-order chi connectivity index (χ1) is 15.0. The molecule has 0 radical (unpaired) electrons. The van der Waals surface area contributed by atoms with Gasteiger partial charge in [-0.3, -0.25) is 9.69 Å². The van der Waals surface area contributed by atoms with E-state index in [0.717, 1.165) is 45.9 Å². The molecule has 0 aliphatic carbocycles. The van der Waals surface area contributed by atoms with Gasteiger partial charge in [0, 0.05) is 65.5 Å². The summed E-state index contributed by atoms with van der Waals surface area (Å²) >= 11 is 0. The van der Waals surface area contributed by atoms with Crippen LogP contribution in [0.2, 0.25) is 0 Å². The maximum atomic E-state index is 12.7. The first-order valence-electron chi connectivity index (χ1n) is 10.7. The third kappa shape index (κ3) is 5.05. The van der Waals surface area contributed by atoms with Crippen LogP contribution in [-0.4, -0.2) is 91.0 Å². The van der Waals surface area contributed by atoms with Crippen LogP contribution in [0.3, 0.4) is 0 Å². The van der Waals surface area contributed by atoms with E-state index in [2.05, 4.69) is 39.2 Å². The van der Waals surface area contributed by atoms with Crippen molar-refractivity contribution in [1.82, 2.24) is 19.6 Å². The molecule has 2 saturated heterocycles. The van der Waals surface area contributed by atoms with Crippen LogP contribution >= 0.6 is 0 Å². The lowest BCUT2D eigenvalue weighted by Crippen LogP contribution is -2.49. The molecule has 0 unspecified atom stereocenters. The Morgan fingerprint density at radius 3 is 2.35 bits per heavy atom. The van der Waals surface area contributed by atoms with Crippen molar-refractivity contribution in [2.75, 3.05) is 69.3 Å². The number of morpholine rings is 1. The number of aromatic nitrogens is 2. The van der Waals surface area contributed by atoms with Crippen LogP contribution in [0.1, 0.15) is 12.5 Å². The minimum atomic E-state index is -0.155. The maximum absolute atomic E-state index is 12.7. The summed E-state index contributed by atoms with van der Waals surface area (Å²) in [6, 6.07) is 8.61. The summed E-state index contributed by atoms with van der Waals surface area (Å²) in [4.78, 5) is 32.2. The van der Waals surface area contributed by atoms with E-state index < -0.39 is 0 Å². The second kappa shape index (κ2) is 9.49. The first-order valence-corrected chi connectivity index (χ1v) is 10.7. The molecule has 0 spiro atoms. The van der Waals surface area contributed by atoms with Crippen molar-refractivity contribution < 1.29 is 14.3 Å². The molecule has 1 aromatic heterocycles. The Labute approximate surface area is 182 Å². The Hall–Kier alpha value is -2.91. The van der Waals surface area contributed by atoms with Crippen molar-refractivity contribution in [3.63, 3.8) is 0 Å². The Balaban J connectivity index is 1.27. The van der Waals surface area contributed by atoms with E-state index in [1.165, 1.54) is 34.0 Å². The molecule has 2 aromatic rings. The molecule has 9 nitrogen and oxygen atoms in total. The van der Waals surface area contributed by atoms with E-state index in [4.69, 9.17) is 4.74 Å². The van der Waals surface area contributed by atoms with Gasteiger partial charge >= 0.3 is 6.03 Å². The Kier molecular flexibility index (Phi) is 6.53. The largest absolute Gasteiger partial charge is 0.378 e. The fraction of sp³-hybridized carbons (Fsp3) is 0.500. The van der Waals surface area contributed by atoms with Gasteiger partial charge in [0.15, 0.2) is 0 Å². The number of benzene rings is 1. The Bertz CT molecular complexity index is 898. The van der Waals surface area contributed by atoms with Crippen LogP contribution in [0.5, 0.6) is 0 Å². The molecule has 2 fully saturated rings. The van der Waals surface area contributed by atoms with Crippen molar-refractivity contribution in [3.05, 3.63) is 42.2 Å². The van der Waals surface area contributed by atoms with Gasteiger partial charge in [0.1, 0.15) is 0 Å². The first kappa shape index (κ1) is 21.3. The van der Waals surface area contributed by atoms with Crippen LogP contribution in [0.25, 0.3) is 0 Å². The molecule has 2 aliphatic rings. The summed E-state index contributed by atoms with van der Waals surface area (Å²) in [6.07, 6.45) is 3.14. The smallest absolute Gasteiger partial charge is 0.344 e. The van der Waals surface area contributed by atoms with E-state index in [-0.39, 0.29) is 11.9 Å². The summed E-state index contributed by atoms with van der Waals surface area (Å²) in [6.45, 7) is 8.77. The van der Waals surface area contributed by atoms with Gasteiger partial charge in [-0.15, -0.1) is 0 Å². The van der Waals surface area contributed by atoms with Crippen molar-refractivity contribution in [3.8, 4) is 0 Å². The van der Waals surface area contributed by atoms with Crippen LogP contribution in [-0.2, 0) is 16.1 Å². The molecule has 2 amide bonds. The highest BCUT2D eigenvalue weighted by Crippen LogP contribution is 2.18. The van der Waals surface area contributed by atoms with Crippen LogP contribution in [0.15, 0.2) is 36.7 Å². The van der Waals surface area contributed by atoms with Crippen LogP contribution in [0, 0.1) is 0 Å². The van der Waals surface area contributed by atoms with E-state index in [9.17, 15) is 9.59 Å². The molecule has 9 heteroatoms. The third-order valence-electron chi connectivity index (χ3n) is 5.99. The molecule has 3 heterocycles.